The second-order valence-corrected chi connectivity index (χ2v) is 5.39. The van der Waals surface area contributed by atoms with Crippen LogP contribution in [0.3, 0.4) is 0 Å². The van der Waals surface area contributed by atoms with Gasteiger partial charge in [-0.1, -0.05) is 36.4 Å². The molecule has 0 fully saturated rings. The first-order chi connectivity index (χ1) is 10.7. The zero-order valence-corrected chi connectivity index (χ0v) is 14.1. The van der Waals surface area contributed by atoms with Crippen LogP contribution < -0.4 is 9.47 Å². The highest BCUT2D eigenvalue weighted by molar-refractivity contribution is 9.10. The fourth-order valence-electron chi connectivity index (χ4n) is 2.02. The summed E-state index contributed by atoms with van der Waals surface area (Å²) in [6.07, 6.45) is 3.32. The molecule has 0 atom stereocenters. The highest BCUT2D eigenvalue weighted by Crippen LogP contribution is 2.36. The minimum Gasteiger partial charge on any atom is -0.492 e. The van der Waals surface area contributed by atoms with Crippen molar-refractivity contribution in [3.05, 3.63) is 64.1 Å². The molecule has 0 aliphatic heterocycles. The van der Waals surface area contributed by atoms with Crippen LogP contribution in [0.25, 0.3) is 6.08 Å². The summed E-state index contributed by atoms with van der Waals surface area (Å²) in [5.41, 5.74) is 1.52. The maximum Gasteiger partial charge on any atom is 0.185 e. The number of hydrogen-bond acceptors (Lipinski definition) is 3. The average molecular weight is 361 g/mol. The third kappa shape index (κ3) is 3.98. The molecule has 2 aromatic carbocycles. The molecule has 0 aliphatic carbocycles. The van der Waals surface area contributed by atoms with E-state index < -0.39 is 0 Å². The molecule has 3 nitrogen and oxygen atoms in total. The van der Waals surface area contributed by atoms with Crippen molar-refractivity contribution >= 4 is 27.8 Å². The lowest BCUT2D eigenvalue weighted by atomic mass is 10.1. The molecule has 0 heterocycles. The standard InChI is InChI=1S/C18H17BrO3/c1-3-22-17-12-13(11-15(19)18(17)21-2)9-10-16(20)14-7-5-4-6-8-14/h4-12H,3H2,1-2H3/b10-9+. The fraction of sp³-hybridized carbons (Fsp3) is 0.167. The topological polar surface area (TPSA) is 35.5 Å². The van der Waals surface area contributed by atoms with E-state index in [1.54, 1.807) is 31.4 Å². The minimum absolute atomic E-state index is 0.0366. The van der Waals surface area contributed by atoms with Crippen LogP contribution >= 0.6 is 15.9 Å². The van der Waals surface area contributed by atoms with Crippen molar-refractivity contribution in [1.29, 1.82) is 0 Å². The summed E-state index contributed by atoms with van der Waals surface area (Å²) in [7, 11) is 1.59. The minimum atomic E-state index is -0.0366. The molecule has 0 aromatic heterocycles. The number of methoxy groups -OCH3 is 1. The Kier molecular flexibility index (Phi) is 5.78. The molecule has 0 aliphatic rings. The number of ketones is 1. The van der Waals surface area contributed by atoms with Gasteiger partial charge >= 0.3 is 0 Å². The van der Waals surface area contributed by atoms with Crippen molar-refractivity contribution in [2.24, 2.45) is 0 Å². The smallest absolute Gasteiger partial charge is 0.185 e. The average Bonchev–Trinajstić information content (AvgIpc) is 2.53. The van der Waals surface area contributed by atoms with Gasteiger partial charge in [0.1, 0.15) is 0 Å². The number of hydrogen-bond donors (Lipinski definition) is 0. The van der Waals surface area contributed by atoms with Crippen molar-refractivity contribution in [2.75, 3.05) is 13.7 Å². The highest BCUT2D eigenvalue weighted by atomic mass is 79.9. The van der Waals surface area contributed by atoms with Crippen molar-refractivity contribution < 1.29 is 14.3 Å². The van der Waals surface area contributed by atoms with Gasteiger partial charge in [0.25, 0.3) is 0 Å². The summed E-state index contributed by atoms with van der Waals surface area (Å²) in [6, 6.07) is 12.9. The Morgan fingerprint density at radius 3 is 2.59 bits per heavy atom. The summed E-state index contributed by atoms with van der Waals surface area (Å²) in [5.74, 6) is 1.25. The highest BCUT2D eigenvalue weighted by Gasteiger charge is 2.10. The van der Waals surface area contributed by atoms with Crippen LogP contribution in [0, 0.1) is 0 Å². The van der Waals surface area contributed by atoms with E-state index in [1.165, 1.54) is 0 Å². The van der Waals surface area contributed by atoms with Gasteiger partial charge in [-0.25, -0.2) is 0 Å². The van der Waals surface area contributed by atoms with Gasteiger partial charge in [0.2, 0.25) is 0 Å². The number of benzene rings is 2. The van der Waals surface area contributed by atoms with Crippen LogP contribution in [0.15, 0.2) is 53.0 Å². The van der Waals surface area contributed by atoms with Gasteiger partial charge in [0.15, 0.2) is 17.3 Å². The molecule has 0 unspecified atom stereocenters. The van der Waals surface area contributed by atoms with Crippen LogP contribution in [-0.4, -0.2) is 19.5 Å². The van der Waals surface area contributed by atoms with Gasteiger partial charge in [-0.2, -0.15) is 0 Å². The van der Waals surface area contributed by atoms with Crippen LogP contribution in [0.1, 0.15) is 22.8 Å². The molecule has 0 radical (unpaired) electrons. The number of allylic oxidation sites excluding steroid dienone is 1. The van der Waals surface area contributed by atoms with Crippen molar-refractivity contribution in [1.82, 2.24) is 0 Å². The molecule has 22 heavy (non-hydrogen) atoms. The Hall–Kier alpha value is -2.07. The van der Waals surface area contributed by atoms with Crippen LogP contribution in [0.5, 0.6) is 11.5 Å². The molecular weight excluding hydrogens is 344 g/mol. The molecule has 0 amide bonds. The Labute approximate surface area is 138 Å². The molecular formula is C18H17BrO3. The third-order valence-corrected chi connectivity index (χ3v) is 3.61. The van der Waals surface area contributed by atoms with E-state index in [4.69, 9.17) is 9.47 Å². The van der Waals surface area contributed by atoms with Crippen LogP contribution in [0.4, 0.5) is 0 Å². The van der Waals surface area contributed by atoms with E-state index >= 15 is 0 Å². The molecule has 2 aromatic rings. The second-order valence-electron chi connectivity index (χ2n) is 4.53. The number of carbonyl (C=O) groups excluding carboxylic acids is 1. The van der Waals surface area contributed by atoms with Crippen molar-refractivity contribution in [3.63, 3.8) is 0 Å². The third-order valence-electron chi connectivity index (χ3n) is 3.02. The Balaban J connectivity index is 2.26. The predicted molar refractivity (Wildman–Crippen MR) is 91.7 cm³/mol. The van der Waals surface area contributed by atoms with E-state index in [1.807, 2.05) is 37.3 Å². The van der Waals surface area contributed by atoms with Crippen LogP contribution in [-0.2, 0) is 0 Å². The number of rotatable bonds is 6. The van der Waals surface area contributed by atoms with E-state index in [0.717, 1.165) is 10.0 Å². The van der Waals surface area contributed by atoms with E-state index in [0.29, 0.717) is 23.7 Å². The molecule has 0 bridgehead atoms. The lowest BCUT2D eigenvalue weighted by Gasteiger charge is -2.12. The van der Waals surface area contributed by atoms with Gasteiger partial charge in [0, 0.05) is 5.56 Å². The Bertz CT molecular complexity index is 678. The summed E-state index contributed by atoms with van der Waals surface area (Å²) >= 11 is 3.46. The fourth-order valence-corrected chi connectivity index (χ4v) is 2.64. The molecule has 114 valence electrons. The molecule has 0 saturated carbocycles. The zero-order valence-electron chi connectivity index (χ0n) is 12.5. The summed E-state index contributed by atoms with van der Waals surface area (Å²) in [6.45, 7) is 2.45. The van der Waals surface area contributed by atoms with Crippen LogP contribution in [0.2, 0.25) is 0 Å². The number of halogens is 1. The zero-order chi connectivity index (χ0) is 15.9. The molecule has 0 saturated heterocycles. The SMILES string of the molecule is CCOc1cc(/C=C/C(=O)c2ccccc2)cc(Br)c1OC. The van der Waals surface area contributed by atoms with Gasteiger partial charge in [-0.15, -0.1) is 0 Å². The quantitative estimate of drug-likeness (QED) is 0.550. The molecule has 0 N–H and O–H groups in total. The Morgan fingerprint density at radius 1 is 1.23 bits per heavy atom. The maximum absolute atomic E-state index is 12.1. The first-order valence-corrected chi connectivity index (χ1v) is 7.72. The largest absolute Gasteiger partial charge is 0.492 e. The monoisotopic (exact) mass is 360 g/mol. The van der Waals surface area contributed by atoms with E-state index in [-0.39, 0.29) is 5.78 Å². The number of ether oxygens (including phenoxy) is 2. The first-order valence-electron chi connectivity index (χ1n) is 6.93. The maximum atomic E-state index is 12.1. The Morgan fingerprint density at radius 2 is 1.95 bits per heavy atom. The lowest BCUT2D eigenvalue weighted by Crippen LogP contribution is -1.97. The predicted octanol–water partition coefficient (Wildman–Crippen LogP) is 4.75. The normalized spacial score (nSPS) is 10.7. The van der Waals surface area contributed by atoms with Gasteiger partial charge in [-0.3, -0.25) is 4.79 Å². The van der Waals surface area contributed by atoms with Gasteiger partial charge < -0.3 is 9.47 Å². The molecule has 2 rings (SSSR count). The lowest BCUT2D eigenvalue weighted by molar-refractivity contribution is 0.104. The second kappa shape index (κ2) is 7.80. The summed E-state index contributed by atoms with van der Waals surface area (Å²) < 4.78 is 11.7. The van der Waals surface area contributed by atoms with Gasteiger partial charge in [-0.05, 0) is 46.6 Å². The van der Waals surface area contributed by atoms with Gasteiger partial charge in [0.05, 0.1) is 18.2 Å². The van der Waals surface area contributed by atoms with Crippen molar-refractivity contribution in [2.45, 2.75) is 6.92 Å². The van der Waals surface area contributed by atoms with E-state index in [2.05, 4.69) is 15.9 Å². The molecule has 0 spiro atoms. The number of carbonyl (C=O) groups is 1. The molecule has 4 heteroatoms. The van der Waals surface area contributed by atoms with E-state index in [9.17, 15) is 4.79 Å². The summed E-state index contributed by atoms with van der Waals surface area (Å²) in [5, 5.41) is 0. The summed E-state index contributed by atoms with van der Waals surface area (Å²) in [4.78, 5) is 12.1. The first kappa shape index (κ1) is 16.3. The van der Waals surface area contributed by atoms with Crippen molar-refractivity contribution in [3.8, 4) is 11.5 Å².